The van der Waals surface area contributed by atoms with Crippen LogP contribution in [0.5, 0.6) is 0 Å². The van der Waals surface area contributed by atoms with Crippen LogP contribution in [0.3, 0.4) is 0 Å². The van der Waals surface area contributed by atoms with Crippen LogP contribution in [0.1, 0.15) is 51.4 Å². The minimum Gasteiger partial charge on any atom is -0.458 e. The van der Waals surface area contributed by atoms with Crippen LogP contribution in [0.15, 0.2) is 28.7 Å². The maximum atomic E-state index is 10.5. The molecule has 0 aliphatic heterocycles. The molecule has 0 fully saturated rings. The molecular weight excluding hydrogens is 260 g/mol. The van der Waals surface area contributed by atoms with Crippen molar-refractivity contribution in [1.29, 1.82) is 0 Å². The Morgan fingerprint density at radius 2 is 1.84 bits per heavy atom. The summed E-state index contributed by atoms with van der Waals surface area (Å²) in [5, 5.41) is 12.1. The largest absolute Gasteiger partial charge is 0.458 e. The first kappa shape index (κ1) is 14.4. The van der Waals surface area contributed by atoms with E-state index in [2.05, 4.69) is 13.8 Å². The van der Waals surface area contributed by atoms with Crippen molar-refractivity contribution in [1.82, 2.24) is 0 Å². The van der Waals surface area contributed by atoms with Gasteiger partial charge in [-0.1, -0.05) is 38.3 Å². The topological polar surface area (TPSA) is 33.4 Å². The molecule has 1 N–H and O–H groups in total. The third-order valence-electron chi connectivity index (χ3n) is 3.55. The maximum absolute atomic E-state index is 10.5. The quantitative estimate of drug-likeness (QED) is 0.775. The fraction of sp³-hybridized carbons (Fsp3) is 0.500. The number of halogens is 1. The zero-order chi connectivity index (χ0) is 13.8. The molecule has 1 heterocycles. The first-order valence-electron chi connectivity index (χ1n) is 7.02. The van der Waals surface area contributed by atoms with E-state index in [9.17, 15) is 5.11 Å². The van der Waals surface area contributed by atoms with Gasteiger partial charge >= 0.3 is 0 Å². The van der Waals surface area contributed by atoms with Gasteiger partial charge in [-0.15, -0.1) is 0 Å². The van der Waals surface area contributed by atoms with E-state index in [1.807, 2.05) is 18.2 Å². The Morgan fingerprint density at radius 3 is 2.47 bits per heavy atom. The lowest BCUT2D eigenvalue weighted by molar-refractivity contribution is 0.0770. The van der Waals surface area contributed by atoms with E-state index in [4.69, 9.17) is 16.0 Å². The van der Waals surface area contributed by atoms with Crippen molar-refractivity contribution < 1.29 is 9.52 Å². The first-order valence-corrected chi connectivity index (χ1v) is 7.40. The molecule has 19 heavy (non-hydrogen) atoms. The van der Waals surface area contributed by atoms with E-state index in [1.165, 1.54) is 0 Å². The van der Waals surface area contributed by atoms with Crippen LogP contribution in [0.25, 0.3) is 11.0 Å². The summed E-state index contributed by atoms with van der Waals surface area (Å²) in [6.07, 6.45) is 3.67. The van der Waals surface area contributed by atoms with Crippen LogP contribution in [0.4, 0.5) is 0 Å². The summed E-state index contributed by atoms with van der Waals surface area (Å²) in [5.74, 6) is 0.926. The number of rotatable bonds is 6. The monoisotopic (exact) mass is 280 g/mol. The predicted molar refractivity (Wildman–Crippen MR) is 79.5 cm³/mol. The minimum absolute atomic E-state index is 0.269. The van der Waals surface area contributed by atoms with Gasteiger partial charge in [-0.2, -0.15) is 0 Å². The van der Waals surface area contributed by atoms with Crippen molar-refractivity contribution in [3.05, 3.63) is 35.0 Å². The second-order valence-corrected chi connectivity index (χ2v) is 5.55. The van der Waals surface area contributed by atoms with Crippen LogP contribution in [-0.2, 0) is 0 Å². The van der Waals surface area contributed by atoms with Gasteiger partial charge in [0.1, 0.15) is 17.4 Å². The van der Waals surface area contributed by atoms with Crippen molar-refractivity contribution in [2.24, 2.45) is 5.92 Å². The molecule has 0 saturated heterocycles. The Balaban J connectivity index is 2.26. The van der Waals surface area contributed by atoms with Gasteiger partial charge in [-0.05, 0) is 43.0 Å². The number of furan rings is 1. The van der Waals surface area contributed by atoms with Gasteiger partial charge in [-0.3, -0.25) is 0 Å². The average molecular weight is 281 g/mol. The molecule has 0 amide bonds. The van der Waals surface area contributed by atoms with Gasteiger partial charge in [0.15, 0.2) is 0 Å². The van der Waals surface area contributed by atoms with Gasteiger partial charge < -0.3 is 9.52 Å². The van der Waals surface area contributed by atoms with Crippen LogP contribution in [0, 0.1) is 5.92 Å². The molecular formula is C16H21ClO2. The van der Waals surface area contributed by atoms with E-state index in [0.29, 0.717) is 10.8 Å². The van der Waals surface area contributed by atoms with Gasteiger partial charge in [0.2, 0.25) is 0 Å². The van der Waals surface area contributed by atoms with Crippen LogP contribution in [0.2, 0.25) is 5.02 Å². The number of aliphatic hydroxyl groups is 1. The average Bonchev–Trinajstić information content (AvgIpc) is 2.80. The molecule has 2 aromatic rings. The number of fused-ring (bicyclic) bond motifs is 1. The zero-order valence-electron chi connectivity index (χ0n) is 11.5. The molecule has 0 aliphatic rings. The molecule has 0 radical (unpaired) electrons. The predicted octanol–water partition coefficient (Wildman–Crippen LogP) is 5.34. The molecule has 1 aromatic carbocycles. The molecule has 0 saturated carbocycles. The summed E-state index contributed by atoms with van der Waals surface area (Å²) < 4.78 is 5.75. The molecule has 0 bridgehead atoms. The fourth-order valence-corrected chi connectivity index (χ4v) is 2.80. The van der Waals surface area contributed by atoms with Crippen molar-refractivity contribution in [2.45, 2.75) is 45.6 Å². The highest BCUT2D eigenvalue weighted by molar-refractivity contribution is 6.31. The summed E-state index contributed by atoms with van der Waals surface area (Å²) in [6.45, 7) is 4.29. The van der Waals surface area contributed by atoms with E-state index in [0.717, 1.165) is 36.7 Å². The Morgan fingerprint density at radius 1 is 1.16 bits per heavy atom. The lowest BCUT2D eigenvalue weighted by atomic mass is 9.91. The summed E-state index contributed by atoms with van der Waals surface area (Å²) in [6, 6.07) is 7.43. The summed E-state index contributed by atoms with van der Waals surface area (Å²) in [4.78, 5) is 0. The highest BCUT2D eigenvalue weighted by atomic mass is 35.5. The number of aliphatic hydroxyl groups excluding tert-OH is 1. The first-order chi connectivity index (χ1) is 9.15. The normalized spacial score (nSPS) is 13.3. The maximum Gasteiger partial charge on any atom is 0.134 e. The number of benzene rings is 1. The van der Waals surface area contributed by atoms with Crippen molar-refractivity contribution >= 4 is 22.6 Å². The molecule has 0 aliphatic carbocycles. The Bertz CT molecular complexity index is 527. The molecule has 1 unspecified atom stereocenters. The molecule has 0 spiro atoms. The van der Waals surface area contributed by atoms with Crippen molar-refractivity contribution in [3.8, 4) is 0 Å². The Kier molecular flexibility index (Phi) is 4.89. The molecule has 2 nitrogen and oxygen atoms in total. The molecule has 2 rings (SSSR count). The number of hydrogen-bond donors (Lipinski definition) is 1. The lowest BCUT2D eigenvalue weighted by Crippen LogP contribution is -2.11. The van der Waals surface area contributed by atoms with Crippen molar-refractivity contribution in [2.75, 3.05) is 0 Å². The van der Waals surface area contributed by atoms with Gasteiger partial charge in [0.05, 0.1) is 0 Å². The van der Waals surface area contributed by atoms with Gasteiger partial charge in [0.25, 0.3) is 0 Å². The smallest absolute Gasteiger partial charge is 0.134 e. The van der Waals surface area contributed by atoms with Crippen LogP contribution >= 0.6 is 11.6 Å². The second kappa shape index (κ2) is 6.44. The van der Waals surface area contributed by atoms with Gasteiger partial charge in [-0.25, -0.2) is 0 Å². The SMILES string of the molecule is CCCC(CCC)C(O)c1cc2cc(Cl)ccc2o1. The standard InChI is InChI=1S/C16H21ClO2/c1-3-5-11(6-4-2)16(18)15-10-12-9-13(17)7-8-14(12)19-15/h7-11,16,18H,3-6H2,1-2H3. The lowest BCUT2D eigenvalue weighted by Gasteiger charge is -2.20. The third-order valence-corrected chi connectivity index (χ3v) is 3.79. The molecule has 1 atom stereocenters. The number of hydrogen-bond acceptors (Lipinski definition) is 2. The van der Waals surface area contributed by atoms with Crippen LogP contribution < -0.4 is 0 Å². The van der Waals surface area contributed by atoms with E-state index in [-0.39, 0.29) is 5.92 Å². The molecule has 1 aromatic heterocycles. The third kappa shape index (κ3) is 3.31. The minimum atomic E-state index is -0.522. The van der Waals surface area contributed by atoms with Gasteiger partial charge in [0, 0.05) is 10.4 Å². The highest BCUT2D eigenvalue weighted by Crippen LogP contribution is 2.33. The zero-order valence-corrected chi connectivity index (χ0v) is 12.3. The van der Waals surface area contributed by atoms with E-state index in [1.54, 1.807) is 6.07 Å². The summed E-state index contributed by atoms with van der Waals surface area (Å²) in [7, 11) is 0. The van der Waals surface area contributed by atoms with Crippen molar-refractivity contribution in [3.63, 3.8) is 0 Å². The molecule has 3 heteroatoms. The fourth-order valence-electron chi connectivity index (χ4n) is 2.61. The van der Waals surface area contributed by atoms with E-state index >= 15 is 0 Å². The Hall–Kier alpha value is -0.990. The Labute approximate surface area is 119 Å². The van der Waals surface area contributed by atoms with Crippen LogP contribution in [-0.4, -0.2) is 5.11 Å². The molecule has 104 valence electrons. The van der Waals surface area contributed by atoms with E-state index < -0.39 is 6.10 Å². The second-order valence-electron chi connectivity index (χ2n) is 5.11. The highest BCUT2D eigenvalue weighted by Gasteiger charge is 2.22. The summed E-state index contributed by atoms with van der Waals surface area (Å²) >= 11 is 5.97. The summed E-state index contributed by atoms with van der Waals surface area (Å²) in [5.41, 5.74) is 0.783.